The number of rotatable bonds is 32. The summed E-state index contributed by atoms with van der Waals surface area (Å²) >= 11 is 10.3. The molecule has 0 aliphatic heterocycles. The summed E-state index contributed by atoms with van der Waals surface area (Å²) in [6, 6.07) is 26.8. The second kappa shape index (κ2) is 53.7. The van der Waals surface area contributed by atoms with Crippen LogP contribution in [0.1, 0.15) is 176 Å². The second-order valence-corrected chi connectivity index (χ2v) is 28.2. The number of carbonyl (C=O) groups is 7. The molecule has 0 aliphatic rings. The molecule has 14 nitrogen and oxygen atoms in total. The molecule has 7 rings (SSSR count). The van der Waals surface area contributed by atoms with Gasteiger partial charge in [0.2, 0.25) is 0 Å². The summed E-state index contributed by atoms with van der Waals surface area (Å²) in [5, 5.41) is 34.7. The molecule has 0 bridgehead atoms. The summed E-state index contributed by atoms with van der Waals surface area (Å²) in [7, 11) is 0. The van der Waals surface area contributed by atoms with Gasteiger partial charge in [0.15, 0.2) is 40.5 Å². The van der Waals surface area contributed by atoms with Gasteiger partial charge in [0.1, 0.15) is 0 Å². The Balaban J connectivity index is 0.000000549. The second-order valence-electron chi connectivity index (χ2n) is 21.5. The van der Waals surface area contributed by atoms with Gasteiger partial charge in [-0.15, -0.1) is 79.4 Å². The van der Waals surface area contributed by atoms with Crippen LogP contribution in [-0.4, -0.2) is 84.3 Å². The van der Waals surface area contributed by atoms with E-state index >= 15 is 0 Å². The Hall–Kier alpha value is -7.63. The normalized spacial score (nSPS) is 11.3. The van der Waals surface area contributed by atoms with Gasteiger partial charge >= 0.3 is 0 Å². The number of ketones is 7. The lowest BCUT2D eigenvalue weighted by atomic mass is 10.1. The molecule has 7 heterocycles. The van der Waals surface area contributed by atoms with Gasteiger partial charge in [0.05, 0.1) is 34.1 Å². The van der Waals surface area contributed by atoms with Crippen LogP contribution in [0.15, 0.2) is 209 Å². The minimum atomic E-state index is 0.00618. The first kappa shape index (κ1) is 84.4. The van der Waals surface area contributed by atoms with E-state index in [-0.39, 0.29) is 46.0 Å². The van der Waals surface area contributed by atoms with Crippen molar-refractivity contribution in [2.24, 2.45) is 5.92 Å². The Morgan fingerprint density at radius 3 is 0.947 bits per heavy atom. The van der Waals surface area contributed by atoms with Gasteiger partial charge in [-0.05, 0) is 154 Å². The fraction of sp³-hybridized carbons (Fsp3) is 0.329. The van der Waals surface area contributed by atoms with Crippen LogP contribution in [0.5, 0.6) is 0 Å². The molecule has 0 fully saturated rings. The lowest BCUT2D eigenvalue weighted by molar-refractivity contribution is 0.104. The first-order valence-corrected chi connectivity index (χ1v) is 37.3. The third-order valence-electron chi connectivity index (χ3n) is 11.2. The van der Waals surface area contributed by atoms with E-state index < -0.39 is 0 Å². The van der Waals surface area contributed by atoms with Crippen LogP contribution in [0.25, 0.3) is 0 Å². The predicted octanol–water partition coefficient (Wildman–Crippen LogP) is 18.1. The van der Waals surface area contributed by atoms with Gasteiger partial charge in [-0.25, -0.2) is 0 Å². The molecule has 0 amide bonds. The van der Waals surface area contributed by atoms with Crippen LogP contribution in [0.4, 0.5) is 0 Å². The molecule has 0 radical (unpaired) electrons. The molecule has 1 atom stereocenters. The molecule has 0 spiro atoms. The first-order valence-electron chi connectivity index (χ1n) is 31.1. The third kappa shape index (κ3) is 44.1. The molecular formula is C73H97N7O7S7. The summed E-state index contributed by atoms with van der Waals surface area (Å²) in [4.78, 5) is 85.3. The lowest BCUT2D eigenvalue weighted by Gasteiger charge is -2.18. The zero-order chi connectivity index (χ0) is 69.6. The van der Waals surface area contributed by atoms with E-state index in [1.54, 1.807) is 85.9 Å². The largest absolute Gasteiger partial charge is 0.391 e. The van der Waals surface area contributed by atoms with Crippen LogP contribution < -0.4 is 37.2 Å². The van der Waals surface area contributed by atoms with Crippen molar-refractivity contribution in [2.75, 3.05) is 26.2 Å². The number of hydrogen-bond donors (Lipinski definition) is 7. The molecular weight excluding hydrogens is 1310 g/mol. The van der Waals surface area contributed by atoms with E-state index in [0.29, 0.717) is 18.0 Å². The van der Waals surface area contributed by atoms with E-state index in [4.69, 9.17) is 0 Å². The van der Waals surface area contributed by atoms with Crippen molar-refractivity contribution in [3.63, 3.8) is 0 Å². The van der Waals surface area contributed by atoms with Crippen LogP contribution in [0, 0.1) is 5.92 Å². The highest BCUT2D eigenvalue weighted by atomic mass is 32.1. The summed E-state index contributed by atoms with van der Waals surface area (Å²) in [6.07, 6.45) is 27.4. The van der Waals surface area contributed by atoms with Crippen LogP contribution in [-0.2, 0) is 0 Å². The maximum Gasteiger partial charge on any atom is 0.197 e. The SMILES string of the molecule is CC(C)(C)N/C=C\C(=O)c1cccs1.CC(C)CN/C=C\C(=O)c1cccs1.CC(C)N/C=C\C(=O)c1cccs1.CCC(C)N/C=C\C(=O)c1cccs1.CCCCN/C=C\C(=O)c1cccs1.CCCN/C=C\C(=O)c1cccs1.CCN/C=C\C(=O)c1cccs1. The lowest BCUT2D eigenvalue weighted by Crippen LogP contribution is -2.31. The van der Waals surface area contributed by atoms with Crippen molar-refractivity contribution in [2.45, 2.75) is 126 Å². The number of nitrogens with one attached hydrogen (secondary N) is 7. The third-order valence-corrected chi connectivity index (χ3v) is 17.4. The Labute approximate surface area is 587 Å². The highest BCUT2D eigenvalue weighted by molar-refractivity contribution is 7.14. The van der Waals surface area contributed by atoms with Gasteiger partial charge in [0, 0.05) is 130 Å². The first-order chi connectivity index (χ1) is 45.1. The molecule has 0 saturated heterocycles. The van der Waals surface area contributed by atoms with Gasteiger partial charge < -0.3 is 37.2 Å². The Kier molecular flexibility index (Phi) is 48.2. The summed E-state index contributed by atoms with van der Waals surface area (Å²) in [5.74, 6) is 1.04. The average Bonchev–Trinajstić information content (AvgIpc) is 4.54. The monoisotopic (exact) mass is 1410 g/mol. The smallest absolute Gasteiger partial charge is 0.197 e. The van der Waals surface area contributed by atoms with Crippen molar-refractivity contribution in [3.05, 3.63) is 243 Å². The van der Waals surface area contributed by atoms with Gasteiger partial charge in [-0.3, -0.25) is 33.6 Å². The number of carbonyl (C=O) groups excluding carboxylic acids is 7. The van der Waals surface area contributed by atoms with E-state index in [1.165, 1.54) is 85.8 Å². The molecule has 508 valence electrons. The van der Waals surface area contributed by atoms with Gasteiger partial charge in [0.25, 0.3) is 0 Å². The summed E-state index contributed by atoms with van der Waals surface area (Å²) < 4.78 is 0. The predicted molar refractivity (Wildman–Crippen MR) is 406 cm³/mol. The minimum Gasteiger partial charge on any atom is -0.391 e. The topological polar surface area (TPSA) is 204 Å². The highest BCUT2D eigenvalue weighted by Crippen LogP contribution is 2.14. The fourth-order valence-corrected chi connectivity index (χ4v) is 10.7. The summed E-state index contributed by atoms with van der Waals surface area (Å²) in [6.45, 7) is 28.4. The molecule has 7 N–H and O–H groups in total. The Bertz CT molecular complexity index is 3280. The van der Waals surface area contributed by atoms with E-state index in [9.17, 15) is 33.6 Å². The Morgan fingerprint density at radius 1 is 0.383 bits per heavy atom. The van der Waals surface area contributed by atoms with Crippen molar-refractivity contribution in [1.82, 2.24) is 37.2 Å². The fourth-order valence-electron chi connectivity index (χ4n) is 6.15. The van der Waals surface area contributed by atoms with Crippen LogP contribution in [0.3, 0.4) is 0 Å². The maximum atomic E-state index is 11.5. The van der Waals surface area contributed by atoms with E-state index in [1.807, 2.05) is 164 Å². The van der Waals surface area contributed by atoms with Crippen LogP contribution >= 0.6 is 79.4 Å². The zero-order valence-corrected chi connectivity index (χ0v) is 62.0. The van der Waals surface area contributed by atoms with Crippen molar-refractivity contribution in [1.29, 1.82) is 0 Å². The molecule has 94 heavy (non-hydrogen) atoms. The highest BCUT2D eigenvalue weighted by Gasteiger charge is 2.08. The average molecular weight is 1410 g/mol. The standard InChI is InChI=1S/4C11H15NOS.2C10H13NOS.C9H11NOS/c1-11(2,3)12-7-6-9(13)10-5-4-8-14-10;1-9(2)8-12-6-5-10(13)11-4-3-7-14-11;1-3-9(2)12-7-6-10(13)11-5-4-8-14-11;1-2-3-7-12-8-6-10(13)11-5-4-9-14-11;1-8(2)11-6-5-9(12)10-4-3-7-13-10;1-2-6-11-7-5-9(12)10-4-3-8-13-10;1-2-10-6-5-8(11)9-4-3-7-12-9/h4-8,12H,1-3H3;3-7,9,12H,8H2,1-2H3;4-9,12H,3H2,1-2H3;4-6,8-9,12H,2-3,7H2,1H3;3-8,11H,1-2H3;3-5,7-8,11H,2,6H2,1H3;3-7,10H,2H2,1H3/b7-6-;6-5-;7-6-;8-6-;6-5-;7-5-;6-5-. The molecule has 1 unspecified atom stereocenters. The molecule has 7 aromatic heterocycles. The maximum absolute atomic E-state index is 11.5. The van der Waals surface area contributed by atoms with Crippen LogP contribution in [0.2, 0.25) is 0 Å². The zero-order valence-electron chi connectivity index (χ0n) is 56.3. The van der Waals surface area contributed by atoms with Crippen molar-refractivity contribution < 1.29 is 33.6 Å². The number of hydrogen-bond acceptors (Lipinski definition) is 21. The molecule has 0 aliphatic carbocycles. The summed E-state index contributed by atoms with van der Waals surface area (Å²) in [5.41, 5.74) is 0.00618. The quantitative estimate of drug-likeness (QED) is 0.0119. The molecule has 7 aromatic rings. The number of allylic oxidation sites excluding steroid dienone is 7. The molecule has 0 aromatic carbocycles. The van der Waals surface area contributed by atoms with Gasteiger partial charge in [-0.1, -0.05) is 83.5 Å². The minimum absolute atomic E-state index is 0.00618. The molecule has 21 heteroatoms. The van der Waals surface area contributed by atoms with E-state index in [2.05, 4.69) is 78.8 Å². The molecule has 0 saturated carbocycles. The number of unbranched alkanes of at least 4 members (excludes halogenated alkanes) is 1. The van der Waals surface area contributed by atoms with E-state index in [0.717, 1.165) is 79.6 Å². The van der Waals surface area contributed by atoms with Crippen molar-refractivity contribution in [3.8, 4) is 0 Å². The number of thiophene rings is 7. The van der Waals surface area contributed by atoms with Crippen molar-refractivity contribution >= 4 is 120 Å². The Morgan fingerprint density at radius 2 is 0.681 bits per heavy atom. The van der Waals surface area contributed by atoms with Gasteiger partial charge in [-0.2, -0.15) is 0 Å².